The normalized spacial score (nSPS) is 29.8. The van der Waals surface area contributed by atoms with Crippen molar-refractivity contribution in [3.63, 3.8) is 0 Å². The van der Waals surface area contributed by atoms with E-state index in [1.54, 1.807) is 6.26 Å². The molecular formula is C9H15N3O. The standard InChI is InChI=1S/C9H15N3O/c1-6-7(5-13-11-6)9-8(10)3-4-12(9)2/h5,8-9H,3-4,10H2,1-2H3. The van der Waals surface area contributed by atoms with Gasteiger partial charge in [-0.3, -0.25) is 4.90 Å². The van der Waals surface area contributed by atoms with Crippen LogP contribution in [0, 0.1) is 6.92 Å². The Hall–Kier alpha value is -0.870. The zero-order valence-corrected chi connectivity index (χ0v) is 8.03. The van der Waals surface area contributed by atoms with Gasteiger partial charge in [0.05, 0.1) is 11.7 Å². The summed E-state index contributed by atoms with van der Waals surface area (Å²) in [7, 11) is 2.09. The van der Waals surface area contributed by atoms with Gasteiger partial charge in [0.25, 0.3) is 0 Å². The van der Waals surface area contributed by atoms with Crippen molar-refractivity contribution in [3.05, 3.63) is 17.5 Å². The van der Waals surface area contributed by atoms with Crippen LogP contribution < -0.4 is 5.73 Å². The summed E-state index contributed by atoms with van der Waals surface area (Å²) in [5, 5.41) is 3.87. The second kappa shape index (κ2) is 3.12. The molecule has 2 heterocycles. The Morgan fingerprint density at radius 2 is 2.46 bits per heavy atom. The Balaban J connectivity index is 2.29. The number of hydrogen-bond donors (Lipinski definition) is 1. The van der Waals surface area contributed by atoms with E-state index in [2.05, 4.69) is 17.1 Å². The van der Waals surface area contributed by atoms with Gasteiger partial charge in [0.15, 0.2) is 0 Å². The van der Waals surface area contributed by atoms with Crippen LogP contribution in [-0.4, -0.2) is 29.7 Å². The van der Waals surface area contributed by atoms with E-state index in [0.29, 0.717) is 0 Å². The van der Waals surface area contributed by atoms with Crippen molar-refractivity contribution < 1.29 is 4.52 Å². The summed E-state index contributed by atoms with van der Waals surface area (Å²) >= 11 is 0. The number of likely N-dealkylation sites (N-methyl/N-ethyl adjacent to an activating group) is 1. The molecule has 2 unspecified atom stereocenters. The summed E-state index contributed by atoms with van der Waals surface area (Å²) in [4.78, 5) is 2.25. The highest BCUT2D eigenvalue weighted by Crippen LogP contribution is 2.30. The van der Waals surface area contributed by atoms with Crippen LogP contribution in [0.1, 0.15) is 23.7 Å². The quantitative estimate of drug-likeness (QED) is 0.692. The smallest absolute Gasteiger partial charge is 0.128 e. The first-order valence-electron chi connectivity index (χ1n) is 4.57. The lowest BCUT2D eigenvalue weighted by atomic mass is 10.0. The third-order valence-electron chi connectivity index (χ3n) is 2.80. The molecule has 2 N–H and O–H groups in total. The molecule has 0 bridgehead atoms. The topological polar surface area (TPSA) is 55.3 Å². The zero-order chi connectivity index (χ0) is 9.42. The van der Waals surface area contributed by atoms with Crippen molar-refractivity contribution in [2.75, 3.05) is 13.6 Å². The lowest BCUT2D eigenvalue weighted by Gasteiger charge is -2.21. The maximum absolute atomic E-state index is 6.02. The Kier molecular flexibility index (Phi) is 2.09. The first kappa shape index (κ1) is 8.72. The minimum absolute atomic E-state index is 0.211. The second-order valence-electron chi connectivity index (χ2n) is 3.73. The van der Waals surface area contributed by atoms with Gasteiger partial charge < -0.3 is 10.3 Å². The molecule has 4 nitrogen and oxygen atoms in total. The molecule has 4 heteroatoms. The molecule has 0 radical (unpaired) electrons. The van der Waals surface area contributed by atoms with E-state index in [-0.39, 0.29) is 12.1 Å². The third kappa shape index (κ3) is 1.36. The molecule has 72 valence electrons. The average Bonchev–Trinajstić information content (AvgIpc) is 2.60. The van der Waals surface area contributed by atoms with Crippen LogP contribution in [0.25, 0.3) is 0 Å². The summed E-state index contributed by atoms with van der Waals surface area (Å²) in [5.41, 5.74) is 8.10. The van der Waals surface area contributed by atoms with Crippen LogP contribution in [0.15, 0.2) is 10.8 Å². The fourth-order valence-electron chi connectivity index (χ4n) is 2.03. The van der Waals surface area contributed by atoms with Crippen LogP contribution in [0.3, 0.4) is 0 Å². The van der Waals surface area contributed by atoms with Gasteiger partial charge in [-0.05, 0) is 20.4 Å². The largest absolute Gasteiger partial charge is 0.364 e. The van der Waals surface area contributed by atoms with Crippen LogP contribution in [0.4, 0.5) is 0 Å². The number of aryl methyl sites for hydroxylation is 1. The highest BCUT2D eigenvalue weighted by molar-refractivity contribution is 5.21. The lowest BCUT2D eigenvalue weighted by Crippen LogP contribution is -2.29. The predicted octanol–water partition coefficient (Wildman–Crippen LogP) is 0.687. The van der Waals surface area contributed by atoms with Gasteiger partial charge in [-0.2, -0.15) is 0 Å². The minimum atomic E-state index is 0.211. The summed E-state index contributed by atoms with van der Waals surface area (Å²) in [5.74, 6) is 0. The van der Waals surface area contributed by atoms with Crippen molar-refractivity contribution in [1.82, 2.24) is 10.1 Å². The van der Waals surface area contributed by atoms with E-state index in [0.717, 1.165) is 24.2 Å². The molecule has 0 amide bonds. The summed E-state index contributed by atoms with van der Waals surface area (Å²) < 4.78 is 4.92. The Bertz CT molecular complexity index is 287. The molecule has 0 aliphatic carbocycles. The second-order valence-corrected chi connectivity index (χ2v) is 3.73. The number of nitrogens with two attached hydrogens (primary N) is 1. The first-order chi connectivity index (χ1) is 6.20. The molecule has 13 heavy (non-hydrogen) atoms. The first-order valence-corrected chi connectivity index (χ1v) is 4.57. The van der Waals surface area contributed by atoms with Crippen molar-refractivity contribution in [1.29, 1.82) is 0 Å². The van der Waals surface area contributed by atoms with Gasteiger partial charge >= 0.3 is 0 Å². The summed E-state index contributed by atoms with van der Waals surface area (Å²) in [6.45, 7) is 3.01. The molecule has 0 spiro atoms. The van der Waals surface area contributed by atoms with Crippen LogP contribution in [0.5, 0.6) is 0 Å². The maximum Gasteiger partial charge on any atom is 0.128 e. The summed E-state index contributed by atoms with van der Waals surface area (Å²) in [6, 6.07) is 0.495. The molecule has 0 saturated carbocycles. The molecule has 2 atom stereocenters. The van der Waals surface area contributed by atoms with Crippen molar-refractivity contribution in [2.24, 2.45) is 5.73 Å². The Morgan fingerprint density at radius 1 is 1.69 bits per heavy atom. The maximum atomic E-state index is 6.02. The van der Waals surface area contributed by atoms with Crippen molar-refractivity contribution in [2.45, 2.75) is 25.4 Å². The molecule has 1 saturated heterocycles. The van der Waals surface area contributed by atoms with E-state index < -0.39 is 0 Å². The van der Waals surface area contributed by atoms with Crippen molar-refractivity contribution >= 4 is 0 Å². The zero-order valence-electron chi connectivity index (χ0n) is 8.03. The molecule has 1 aliphatic heterocycles. The highest BCUT2D eigenvalue weighted by Gasteiger charge is 2.32. The number of hydrogen-bond acceptors (Lipinski definition) is 4. The highest BCUT2D eigenvalue weighted by atomic mass is 16.5. The number of likely N-dealkylation sites (tertiary alicyclic amines) is 1. The number of rotatable bonds is 1. The Morgan fingerprint density at radius 3 is 2.92 bits per heavy atom. The molecular weight excluding hydrogens is 166 g/mol. The van der Waals surface area contributed by atoms with Crippen LogP contribution in [-0.2, 0) is 0 Å². The summed E-state index contributed by atoms with van der Waals surface area (Å²) in [6.07, 6.45) is 2.76. The third-order valence-corrected chi connectivity index (χ3v) is 2.80. The predicted molar refractivity (Wildman–Crippen MR) is 49.2 cm³/mol. The van der Waals surface area contributed by atoms with Gasteiger partial charge in [0, 0.05) is 18.2 Å². The Labute approximate surface area is 77.7 Å². The van der Waals surface area contributed by atoms with E-state index in [4.69, 9.17) is 10.3 Å². The molecule has 2 rings (SSSR count). The van der Waals surface area contributed by atoms with E-state index in [1.165, 1.54) is 0 Å². The number of nitrogens with zero attached hydrogens (tertiary/aromatic N) is 2. The molecule has 1 aromatic rings. The molecule has 1 aliphatic rings. The van der Waals surface area contributed by atoms with E-state index in [1.807, 2.05) is 6.92 Å². The fourth-order valence-corrected chi connectivity index (χ4v) is 2.03. The van der Waals surface area contributed by atoms with Gasteiger partial charge in [-0.1, -0.05) is 5.16 Å². The van der Waals surface area contributed by atoms with Crippen molar-refractivity contribution in [3.8, 4) is 0 Å². The lowest BCUT2D eigenvalue weighted by molar-refractivity contribution is 0.301. The average molecular weight is 181 g/mol. The minimum Gasteiger partial charge on any atom is -0.364 e. The van der Waals surface area contributed by atoms with Crippen LogP contribution in [0.2, 0.25) is 0 Å². The van der Waals surface area contributed by atoms with E-state index in [9.17, 15) is 0 Å². The van der Waals surface area contributed by atoms with E-state index >= 15 is 0 Å². The monoisotopic (exact) mass is 181 g/mol. The van der Waals surface area contributed by atoms with Gasteiger partial charge in [0.2, 0.25) is 0 Å². The molecule has 1 aromatic heterocycles. The van der Waals surface area contributed by atoms with Gasteiger partial charge in [0.1, 0.15) is 6.26 Å². The van der Waals surface area contributed by atoms with Gasteiger partial charge in [-0.15, -0.1) is 0 Å². The van der Waals surface area contributed by atoms with Gasteiger partial charge in [-0.25, -0.2) is 0 Å². The van der Waals surface area contributed by atoms with Crippen LogP contribution >= 0.6 is 0 Å². The fraction of sp³-hybridized carbons (Fsp3) is 0.667. The SMILES string of the molecule is Cc1nocc1C1C(N)CCN1C. The number of aromatic nitrogens is 1. The molecule has 1 fully saturated rings. The molecule has 0 aromatic carbocycles.